The molecule has 145 valence electrons. The van der Waals surface area contributed by atoms with Crippen molar-refractivity contribution in [1.82, 2.24) is 10.3 Å². The number of hydrogen-bond acceptors (Lipinski definition) is 7. The first-order valence-corrected chi connectivity index (χ1v) is 9.64. The third-order valence-electron chi connectivity index (χ3n) is 4.24. The van der Waals surface area contributed by atoms with E-state index in [-0.39, 0.29) is 23.9 Å². The summed E-state index contributed by atoms with van der Waals surface area (Å²) in [6, 6.07) is 0. The Hall–Kier alpha value is -2.13. The van der Waals surface area contributed by atoms with Crippen LogP contribution >= 0.6 is 11.3 Å². The van der Waals surface area contributed by atoms with Crippen LogP contribution in [-0.4, -0.2) is 47.8 Å². The summed E-state index contributed by atoms with van der Waals surface area (Å²) in [6.07, 6.45) is 3.00. The van der Waals surface area contributed by atoms with Gasteiger partial charge in [0.05, 0.1) is 18.2 Å². The van der Waals surface area contributed by atoms with Crippen molar-refractivity contribution >= 4 is 35.6 Å². The number of aliphatic imine (C=N–C) groups is 1. The summed E-state index contributed by atoms with van der Waals surface area (Å²) in [5.41, 5.74) is 7.58. The van der Waals surface area contributed by atoms with Gasteiger partial charge in [0.2, 0.25) is 0 Å². The molecule has 0 saturated carbocycles. The number of carboxylic acid groups (broad SMARTS) is 1. The van der Waals surface area contributed by atoms with Crippen molar-refractivity contribution in [2.24, 2.45) is 10.4 Å². The smallest absolute Gasteiger partial charge is 0.317 e. The zero-order valence-electron chi connectivity index (χ0n) is 15.8. The van der Waals surface area contributed by atoms with E-state index in [1.54, 1.807) is 7.48 Å². The van der Waals surface area contributed by atoms with E-state index in [1.807, 2.05) is 11.5 Å². The molecule has 0 aliphatic carbocycles. The maximum absolute atomic E-state index is 10.8. The number of aromatic nitrogens is 1. The van der Waals surface area contributed by atoms with Gasteiger partial charge < -0.3 is 20.8 Å². The summed E-state index contributed by atoms with van der Waals surface area (Å²) in [7, 11) is 1.64. The lowest BCUT2D eigenvalue weighted by molar-refractivity contribution is -0.139. The topological polar surface area (TPSA) is 110 Å². The first-order valence-electron chi connectivity index (χ1n) is 8.76. The molecular formula is C18H26BN4O3S. The van der Waals surface area contributed by atoms with Gasteiger partial charge in [-0.3, -0.25) is 9.79 Å². The molecule has 1 aliphatic heterocycles. The summed E-state index contributed by atoms with van der Waals surface area (Å²) in [5, 5.41) is 14.5. The van der Waals surface area contributed by atoms with Crippen molar-refractivity contribution in [2.45, 2.75) is 45.2 Å². The lowest BCUT2D eigenvalue weighted by Gasteiger charge is -2.29. The van der Waals surface area contributed by atoms with Gasteiger partial charge in [-0.2, -0.15) is 0 Å². The number of rotatable bonds is 9. The molecule has 9 heteroatoms. The zero-order chi connectivity index (χ0) is 20.0. The SMILES string of the molecule is C=CC(C)(C)CN=C(C(=C)NC1[B]OC(CC(=O)O)CC1)c1csc(N)n1. The Morgan fingerprint density at radius 1 is 1.63 bits per heavy atom. The average Bonchev–Trinajstić information content (AvgIpc) is 3.02. The van der Waals surface area contributed by atoms with Crippen LogP contribution in [0, 0.1) is 5.41 Å². The van der Waals surface area contributed by atoms with Gasteiger partial charge in [0.25, 0.3) is 0 Å². The van der Waals surface area contributed by atoms with E-state index in [2.05, 4.69) is 37.3 Å². The Labute approximate surface area is 164 Å². The highest BCUT2D eigenvalue weighted by Gasteiger charge is 2.26. The number of carbonyl (C=O) groups is 1. The van der Waals surface area contributed by atoms with E-state index >= 15 is 0 Å². The lowest BCUT2D eigenvalue weighted by Crippen LogP contribution is -2.43. The average molecular weight is 389 g/mol. The number of nitrogens with zero attached hydrogens (tertiary/aromatic N) is 2. The normalized spacial score (nSPS) is 20.6. The van der Waals surface area contributed by atoms with Gasteiger partial charge in [0, 0.05) is 23.3 Å². The third-order valence-corrected chi connectivity index (χ3v) is 4.92. The van der Waals surface area contributed by atoms with Crippen LogP contribution < -0.4 is 11.1 Å². The number of allylic oxidation sites excluding steroid dienone is 1. The van der Waals surface area contributed by atoms with Crippen LogP contribution in [0.25, 0.3) is 0 Å². The number of nitrogen functional groups attached to an aromatic ring is 1. The summed E-state index contributed by atoms with van der Waals surface area (Å²) in [4.78, 5) is 19.8. The van der Waals surface area contributed by atoms with Gasteiger partial charge >= 0.3 is 13.5 Å². The van der Waals surface area contributed by atoms with Crippen molar-refractivity contribution < 1.29 is 14.6 Å². The highest BCUT2D eigenvalue weighted by Crippen LogP contribution is 2.21. The van der Waals surface area contributed by atoms with Crippen molar-refractivity contribution in [2.75, 3.05) is 12.3 Å². The Kier molecular flexibility index (Phi) is 7.21. The minimum Gasteiger partial charge on any atom is -0.481 e. The number of carboxylic acids is 1. The second-order valence-electron chi connectivity index (χ2n) is 7.23. The number of anilines is 1. The Morgan fingerprint density at radius 2 is 2.37 bits per heavy atom. The van der Waals surface area contributed by atoms with Crippen molar-refractivity contribution in [3.63, 3.8) is 0 Å². The Balaban J connectivity index is 2.05. The fourth-order valence-corrected chi connectivity index (χ4v) is 3.07. The monoisotopic (exact) mass is 389 g/mol. The molecule has 1 fully saturated rings. The van der Waals surface area contributed by atoms with Gasteiger partial charge in [0.1, 0.15) is 11.4 Å². The van der Waals surface area contributed by atoms with Gasteiger partial charge in [-0.1, -0.05) is 26.5 Å². The maximum Gasteiger partial charge on any atom is 0.317 e. The van der Waals surface area contributed by atoms with Crippen LogP contribution in [0.3, 0.4) is 0 Å². The first-order chi connectivity index (χ1) is 12.7. The molecule has 2 heterocycles. The molecule has 4 N–H and O–H groups in total. The third kappa shape index (κ3) is 6.52. The zero-order valence-corrected chi connectivity index (χ0v) is 16.6. The summed E-state index contributed by atoms with van der Waals surface area (Å²) >= 11 is 1.35. The minimum atomic E-state index is -0.857. The molecular weight excluding hydrogens is 363 g/mol. The number of nitrogens with one attached hydrogen (secondary N) is 1. The minimum absolute atomic E-state index is 0.00557. The fourth-order valence-electron chi connectivity index (χ4n) is 2.53. The molecule has 2 unspecified atom stereocenters. The molecule has 2 atom stereocenters. The van der Waals surface area contributed by atoms with Crippen LogP contribution in [0.1, 0.15) is 38.8 Å². The van der Waals surface area contributed by atoms with E-state index in [9.17, 15) is 4.79 Å². The van der Waals surface area contributed by atoms with E-state index in [0.29, 0.717) is 35.2 Å². The first kappa shape index (κ1) is 21.2. The quantitative estimate of drug-likeness (QED) is 0.340. The standard InChI is InChI=1S/C18H26BN4O3S/c1-5-18(3,4)10-21-16(13-9-27-17(20)23-13)11(2)22-14-7-6-12(26-19-14)8-15(24)25/h5,9,12,14,22H,1-2,6-8,10H2,3-4H3,(H2,20,23)(H,24,25). The fraction of sp³-hybridized carbons (Fsp3) is 0.500. The maximum atomic E-state index is 10.8. The molecule has 1 aliphatic rings. The van der Waals surface area contributed by atoms with Crippen molar-refractivity contribution in [3.05, 3.63) is 36.0 Å². The van der Waals surface area contributed by atoms with Crippen LogP contribution in [0.2, 0.25) is 0 Å². The van der Waals surface area contributed by atoms with Crippen LogP contribution in [0.15, 0.2) is 35.3 Å². The second-order valence-corrected chi connectivity index (χ2v) is 8.12. The van der Waals surface area contributed by atoms with E-state index < -0.39 is 5.97 Å². The number of hydrogen-bond donors (Lipinski definition) is 3. The lowest BCUT2D eigenvalue weighted by atomic mass is 9.79. The Morgan fingerprint density at radius 3 is 2.89 bits per heavy atom. The predicted octanol–water partition coefficient (Wildman–Crippen LogP) is 2.43. The molecule has 1 aromatic rings. The summed E-state index contributed by atoms with van der Waals surface area (Å²) in [5.74, 6) is -0.930. The van der Waals surface area contributed by atoms with Gasteiger partial charge in [-0.05, 0) is 12.8 Å². The van der Waals surface area contributed by atoms with E-state index in [4.69, 9.17) is 20.5 Å². The molecule has 0 bridgehead atoms. The van der Waals surface area contributed by atoms with Crippen LogP contribution in [-0.2, 0) is 9.45 Å². The molecule has 1 aromatic heterocycles. The molecule has 0 amide bonds. The van der Waals surface area contributed by atoms with E-state index in [1.165, 1.54) is 11.3 Å². The highest BCUT2D eigenvalue weighted by atomic mass is 32.1. The molecule has 7 nitrogen and oxygen atoms in total. The van der Waals surface area contributed by atoms with Crippen LogP contribution in [0.5, 0.6) is 0 Å². The van der Waals surface area contributed by atoms with Crippen molar-refractivity contribution in [3.8, 4) is 0 Å². The molecule has 1 radical (unpaired) electrons. The molecule has 0 spiro atoms. The molecule has 1 saturated heterocycles. The molecule has 27 heavy (non-hydrogen) atoms. The number of nitrogens with two attached hydrogens (primary N) is 1. The van der Waals surface area contributed by atoms with Gasteiger partial charge in [0.15, 0.2) is 5.13 Å². The molecule has 0 aromatic carbocycles. The van der Waals surface area contributed by atoms with Gasteiger partial charge in [-0.15, -0.1) is 17.9 Å². The second kappa shape index (κ2) is 9.19. The highest BCUT2D eigenvalue weighted by molar-refractivity contribution is 7.13. The summed E-state index contributed by atoms with van der Waals surface area (Å²) in [6.45, 7) is 12.6. The van der Waals surface area contributed by atoms with Crippen LogP contribution in [0.4, 0.5) is 5.13 Å². The largest absolute Gasteiger partial charge is 0.481 e. The van der Waals surface area contributed by atoms with Gasteiger partial charge in [-0.25, -0.2) is 4.98 Å². The van der Waals surface area contributed by atoms with E-state index in [0.717, 1.165) is 6.42 Å². The number of aliphatic carboxylic acids is 1. The predicted molar refractivity (Wildman–Crippen MR) is 110 cm³/mol. The number of thiazole rings is 1. The molecule has 2 rings (SSSR count). The van der Waals surface area contributed by atoms with Crippen molar-refractivity contribution in [1.29, 1.82) is 0 Å². The summed E-state index contributed by atoms with van der Waals surface area (Å²) < 4.78 is 5.53. The Bertz CT molecular complexity index is 724.